The van der Waals surface area contributed by atoms with Gasteiger partial charge in [0.25, 0.3) is 0 Å². The van der Waals surface area contributed by atoms with Gasteiger partial charge >= 0.3 is 0 Å². The molecule has 2 heterocycles. The molecule has 1 saturated heterocycles. The molecule has 0 amide bonds. The Morgan fingerprint density at radius 2 is 1.88 bits per heavy atom. The summed E-state index contributed by atoms with van der Waals surface area (Å²) >= 11 is 0. The van der Waals surface area contributed by atoms with E-state index in [1.54, 1.807) is 0 Å². The zero-order chi connectivity index (χ0) is 11.0. The topological polar surface area (TPSA) is 40.7 Å². The van der Waals surface area contributed by atoms with Gasteiger partial charge in [-0.1, -0.05) is 6.92 Å². The van der Waals surface area contributed by atoms with E-state index in [9.17, 15) is 0 Å². The molecule has 3 heteroatoms. The molecule has 2 fully saturated rings. The van der Waals surface area contributed by atoms with Crippen LogP contribution in [0.15, 0.2) is 0 Å². The monoisotopic (exact) mass is 219 g/mol. The minimum atomic E-state index is 0.666. The van der Waals surface area contributed by atoms with Gasteiger partial charge in [-0.15, -0.1) is 0 Å². The maximum absolute atomic E-state index is 4.88. The summed E-state index contributed by atoms with van der Waals surface area (Å²) in [7, 11) is 0. The molecular weight excluding hydrogens is 198 g/mol. The molecule has 0 bridgehead atoms. The van der Waals surface area contributed by atoms with Gasteiger partial charge in [0.15, 0.2) is 0 Å². The SMILES string of the molecule is CCc1[nH]c(C2CCNCC2)nc1C1CC1. The van der Waals surface area contributed by atoms with E-state index < -0.39 is 0 Å². The van der Waals surface area contributed by atoms with Crippen LogP contribution in [0, 0.1) is 0 Å². The fraction of sp³-hybridized carbons (Fsp3) is 0.769. The van der Waals surface area contributed by atoms with Crippen LogP contribution < -0.4 is 5.32 Å². The first-order chi connectivity index (χ1) is 7.88. The van der Waals surface area contributed by atoms with Crippen molar-refractivity contribution in [3.63, 3.8) is 0 Å². The lowest BCUT2D eigenvalue weighted by Crippen LogP contribution is -2.27. The minimum Gasteiger partial charge on any atom is -0.345 e. The molecule has 0 unspecified atom stereocenters. The zero-order valence-electron chi connectivity index (χ0n) is 10.1. The van der Waals surface area contributed by atoms with Gasteiger partial charge in [-0.3, -0.25) is 0 Å². The molecule has 0 aromatic carbocycles. The highest BCUT2D eigenvalue weighted by Crippen LogP contribution is 2.41. The Labute approximate surface area is 97.0 Å². The standard InChI is InChI=1S/C13H21N3/c1-2-11-12(9-3-4-9)16-13(15-11)10-5-7-14-8-6-10/h9-10,14H,2-8H2,1H3,(H,15,16). The number of piperidine rings is 1. The summed E-state index contributed by atoms with van der Waals surface area (Å²) in [6.45, 7) is 4.52. The second-order valence-corrected chi connectivity index (χ2v) is 5.14. The summed E-state index contributed by atoms with van der Waals surface area (Å²) in [5, 5.41) is 3.41. The number of hydrogen-bond acceptors (Lipinski definition) is 2. The van der Waals surface area contributed by atoms with Gasteiger partial charge in [0.05, 0.1) is 5.69 Å². The third-order valence-corrected chi connectivity index (χ3v) is 3.87. The molecule has 1 aliphatic heterocycles. The number of aromatic amines is 1. The van der Waals surface area contributed by atoms with Crippen LogP contribution in [0.5, 0.6) is 0 Å². The van der Waals surface area contributed by atoms with Crippen molar-refractivity contribution in [3.05, 3.63) is 17.2 Å². The van der Waals surface area contributed by atoms with E-state index in [0.717, 1.165) is 25.4 Å². The molecule has 0 radical (unpaired) electrons. The summed E-state index contributed by atoms with van der Waals surface area (Å²) in [6, 6.07) is 0. The van der Waals surface area contributed by atoms with Gasteiger partial charge in [0, 0.05) is 17.5 Å². The van der Waals surface area contributed by atoms with Crippen molar-refractivity contribution < 1.29 is 0 Å². The molecular formula is C13H21N3. The molecule has 1 aromatic heterocycles. The maximum Gasteiger partial charge on any atom is 0.109 e. The molecule has 3 rings (SSSR count). The van der Waals surface area contributed by atoms with Crippen molar-refractivity contribution in [1.82, 2.24) is 15.3 Å². The van der Waals surface area contributed by atoms with E-state index in [1.807, 2.05) is 0 Å². The Bertz CT molecular complexity index is 359. The second-order valence-electron chi connectivity index (χ2n) is 5.14. The summed E-state index contributed by atoms with van der Waals surface area (Å²) in [4.78, 5) is 8.47. The first-order valence-corrected chi connectivity index (χ1v) is 6.68. The van der Waals surface area contributed by atoms with E-state index in [0.29, 0.717) is 5.92 Å². The van der Waals surface area contributed by atoms with Gasteiger partial charge < -0.3 is 10.3 Å². The van der Waals surface area contributed by atoms with Crippen molar-refractivity contribution in [2.24, 2.45) is 0 Å². The molecule has 2 N–H and O–H groups in total. The van der Waals surface area contributed by atoms with Crippen LogP contribution >= 0.6 is 0 Å². The van der Waals surface area contributed by atoms with Crippen molar-refractivity contribution in [3.8, 4) is 0 Å². The van der Waals surface area contributed by atoms with E-state index in [2.05, 4.69) is 17.2 Å². The second kappa shape index (κ2) is 4.21. The number of H-pyrrole nitrogens is 1. The molecule has 2 aliphatic rings. The first kappa shape index (κ1) is 10.3. The minimum absolute atomic E-state index is 0.666. The highest BCUT2D eigenvalue weighted by molar-refractivity contribution is 5.24. The van der Waals surface area contributed by atoms with E-state index in [-0.39, 0.29) is 0 Å². The van der Waals surface area contributed by atoms with E-state index >= 15 is 0 Å². The Hall–Kier alpha value is -0.830. The lowest BCUT2D eigenvalue weighted by atomic mass is 9.98. The number of rotatable bonds is 3. The molecule has 88 valence electrons. The lowest BCUT2D eigenvalue weighted by molar-refractivity contribution is 0.446. The van der Waals surface area contributed by atoms with Gasteiger partial charge in [-0.25, -0.2) is 4.98 Å². The summed E-state index contributed by atoms with van der Waals surface area (Å²) in [5.74, 6) is 2.71. The predicted octanol–water partition coefficient (Wildman–Crippen LogP) is 2.32. The van der Waals surface area contributed by atoms with Gasteiger partial charge in [0.1, 0.15) is 5.82 Å². The van der Waals surface area contributed by atoms with Crippen molar-refractivity contribution in [1.29, 1.82) is 0 Å². The molecule has 0 atom stereocenters. The lowest BCUT2D eigenvalue weighted by Gasteiger charge is -2.20. The van der Waals surface area contributed by atoms with E-state index in [1.165, 1.54) is 42.9 Å². The molecule has 16 heavy (non-hydrogen) atoms. The molecule has 1 aromatic rings. The smallest absolute Gasteiger partial charge is 0.109 e. The van der Waals surface area contributed by atoms with Crippen molar-refractivity contribution in [2.75, 3.05) is 13.1 Å². The quantitative estimate of drug-likeness (QED) is 0.819. The normalized spacial score (nSPS) is 22.6. The Morgan fingerprint density at radius 1 is 1.12 bits per heavy atom. The zero-order valence-corrected chi connectivity index (χ0v) is 10.1. The average molecular weight is 219 g/mol. The van der Waals surface area contributed by atoms with Crippen LogP contribution in [0.4, 0.5) is 0 Å². The number of nitrogens with zero attached hydrogens (tertiary/aromatic N) is 1. The van der Waals surface area contributed by atoms with Crippen LogP contribution in [0.3, 0.4) is 0 Å². The van der Waals surface area contributed by atoms with Gasteiger partial charge in [0.2, 0.25) is 0 Å². The number of nitrogens with one attached hydrogen (secondary N) is 2. The summed E-state index contributed by atoms with van der Waals surface area (Å²) in [6.07, 6.45) is 6.28. The molecule has 3 nitrogen and oxygen atoms in total. The van der Waals surface area contributed by atoms with Crippen LogP contribution in [-0.2, 0) is 6.42 Å². The van der Waals surface area contributed by atoms with E-state index in [4.69, 9.17) is 4.98 Å². The third kappa shape index (κ3) is 1.88. The van der Waals surface area contributed by atoms with Crippen LogP contribution in [-0.4, -0.2) is 23.1 Å². The van der Waals surface area contributed by atoms with Gasteiger partial charge in [-0.05, 0) is 45.2 Å². The number of aromatic nitrogens is 2. The number of hydrogen-bond donors (Lipinski definition) is 2. The Kier molecular flexibility index (Phi) is 2.72. The van der Waals surface area contributed by atoms with Crippen molar-refractivity contribution in [2.45, 2.75) is 50.9 Å². The predicted molar refractivity (Wildman–Crippen MR) is 64.8 cm³/mol. The van der Waals surface area contributed by atoms with Crippen LogP contribution in [0.2, 0.25) is 0 Å². The highest BCUT2D eigenvalue weighted by Gasteiger charge is 2.30. The third-order valence-electron chi connectivity index (χ3n) is 3.87. The number of imidazole rings is 1. The Balaban J connectivity index is 1.83. The summed E-state index contributed by atoms with van der Waals surface area (Å²) < 4.78 is 0. The average Bonchev–Trinajstić information content (AvgIpc) is 3.10. The largest absolute Gasteiger partial charge is 0.345 e. The van der Waals surface area contributed by atoms with Crippen molar-refractivity contribution >= 4 is 0 Å². The highest BCUT2D eigenvalue weighted by atomic mass is 15.0. The first-order valence-electron chi connectivity index (χ1n) is 6.68. The molecule has 1 saturated carbocycles. The Morgan fingerprint density at radius 3 is 2.50 bits per heavy atom. The molecule has 1 aliphatic carbocycles. The molecule has 0 spiro atoms. The fourth-order valence-electron chi connectivity index (χ4n) is 2.70. The number of aryl methyl sites for hydroxylation is 1. The summed E-state index contributed by atoms with van der Waals surface area (Å²) in [5.41, 5.74) is 2.78. The van der Waals surface area contributed by atoms with Crippen LogP contribution in [0.1, 0.15) is 61.7 Å². The van der Waals surface area contributed by atoms with Gasteiger partial charge in [-0.2, -0.15) is 0 Å². The van der Waals surface area contributed by atoms with Crippen LogP contribution in [0.25, 0.3) is 0 Å². The fourth-order valence-corrected chi connectivity index (χ4v) is 2.70. The maximum atomic E-state index is 4.88.